The molecule has 0 spiro atoms. The highest BCUT2D eigenvalue weighted by Crippen LogP contribution is 2.35. The quantitative estimate of drug-likeness (QED) is 0.601. The first kappa shape index (κ1) is 15.6. The second-order valence-corrected chi connectivity index (χ2v) is 7.14. The van der Waals surface area contributed by atoms with Crippen molar-refractivity contribution in [3.63, 3.8) is 0 Å². The van der Waals surface area contributed by atoms with E-state index >= 15 is 0 Å². The number of benzene rings is 1. The van der Waals surface area contributed by atoms with Gasteiger partial charge in [-0.2, -0.15) is 0 Å². The molecule has 1 heterocycles. The van der Waals surface area contributed by atoms with Crippen LogP contribution in [0.5, 0.6) is 0 Å². The van der Waals surface area contributed by atoms with Gasteiger partial charge >= 0.3 is 0 Å². The van der Waals surface area contributed by atoms with Gasteiger partial charge in [0.2, 0.25) is 0 Å². The second-order valence-electron chi connectivity index (χ2n) is 7.14. The van der Waals surface area contributed by atoms with Crippen LogP contribution in [0, 0.1) is 0 Å². The summed E-state index contributed by atoms with van der Waals surface area (Å²) in [5.74, 6) is 0. The van der Waals surface area contributed by atoms with Crippen LogP contribution < -0.4 is 0 Å². The van der Waals surface area contributed by atoms with Crippen molar-refractivity contribution in [2.75, 3.05) is 0 Å². The highest BCUT2D eigenvalue weighted by Gasteiger charge is 2.27. The Morgan fingerprint density at radius 3 is 1.91 bits per heavy atom. The van der Waals surface area contributed by atoms with E-state index < -0.39 is 0 Å². The molecule has 0 unspecified atom stereocenters. The molecule has 0 saturated heterocycles. The van der Waals surface area contributed by atoms with Crippen molar-refractivity contribution in [3.05, 3.63) is 42.0 Å². The molecule has 0 aromatic heterocycles. The lowest BCUT2D eigenvalue weighted by Gasteiger charge is -2.31. The SMILES string of the molecule is C=C1c2ccccc2CN1C1CCCCCCCCCCC1. The van der Waals surface area contributed by atoms with Crippen LogP contribution in [0.3, 0.4) is 0 Å². The van der Waals surface area contributed by atoms with Crippen molar-refractivity contribution in [2.24, 2.45) is 0 Å². The Morgan fingerprint density at radius 1 is 0.773 bits per heavy atom. The Bertz CT molecular complexity index is 478. The molecule has 1 aromatic carbocycles. The van der Waals surface area contributed by atoms with E-state index in [9.17, 15) is 0 Å². The van der Waals surface area contributed by atoms with Crippen LogP contribution in [0.1, 0.15) is 81.8 Å². The van der Waals surface area contributed by atoms with Gasteiger partial charge in [0.15, 0.2) is 0 Å². The number of hydrogen-bond acceptors (Lipinski definition) is 1. The van der Waals surface area contributed by atoms with Gasteiger partial charge in [-0.15, -0.1) is 0 Å². The van der Waals surface area contributed by atoms with Crippen LogP contribution in [0.25, 0.3) is 5.70 Å². The standard InChI is InChI=1S/C21H31N/c1-18-21-16-12-11-13-19(21)17-22(18)20-14-9-7-5-3-2-4-6-8-10-15-20/h11-13,16,20H,1-10,14-15,17H2. The molecular formula is C21H31N. The summed E-state index contributed by atoms with van der Waals surface area (Å²) in [6.07, 6.45) is 15.6. The zero-order chi connectivity index (χ0) is 15.2. The zero-order valence-electron chi connectivity index (χ0n) is 14.0. The summed E-state index contributed by atoms with van der Waals surface area (Å²) in [6, 6.07) is 9.54. The van der Waals surface area contributed by atoms with Gasteiger partial charge in [-0.3, -0.25) is 0 Å². The Morgan fingerprint density at radius 2 is 1.32 bits per heavy atom. The Hall–Kier alpha value is -1.24. The first-order chi connectivity index (χ1) is 10.9. The van der Waals surface area contributed by atoms with Gasteiger partial charge in [0.1, 0.15) is 0 Å². The minimum Gasteiger partial charge on any atom is -0.364 e. The van der Waals surface area contributed by atoms with E-state index in [1.165, 1.54) is 87.5 Å². The molecule has 0 amide bonds. The Balaban J connectivity index is 1.64. The Kier molecular flexibility index (Phi) is 5.58. The molecule has 1 fully saturated rings. The van der Waals surface area contributed by atoms with Gasteiger partial charge in [0.25, 0.3) is 0 Å². The number of rotatable bonds is 1. The van der Waals surface area contributed by atoms with Crippen LogP contribution in [0.2, 0.25) is 0 Å². The molecule has 0 N–H and O–H groups in total. The lowest BCUT2D eigenvalue weighted by Crippen LogP contribution is -2.29. The highest BCUT2D eigenvalue weighted by atomic mass is 15.2. The first-order valence-corrected chi connectivity index (χ1v) is 9.40. The molecule has 3 rings (SSSR count). The molecule has 1 aromatic rings. The molecule has 0 radical (unpaired) electrons. The summed E-state index contributed by atoms with van der Waals surface area (Å²) < 4.78 is 0. The van der Waals surface area contributed by atoms with E-state index in [1.54, 1.807) is 0 Å². The van der Waals surface area contributed by atoms with Gasteiger partial charge in [0, 0.05) is 23.8 Å². The maximum Gasteiger partial charge on any atom is 0.0439 e. The lowest BCUT2D eigenvalue weighted by molar-refractivity contribution is 0.255. The molecule has 1 aliphatic heterocycles. The molecule has 1 nitrogen and oxygen atoms in total. The smallest absolute Gasteiger partial charge is 0.0439 e. The number of fused-ring (bicyclic) bond motifs is 1. The van der Waals surface area contributed by atoms with Crippen molar-refractivity contribution < 1.29 is 0 Å². The van der Waals surface area contributed by atoms with Crippen LogP contribution in [0.4, 0.5) is 0 Å². The minimum absolute atomic E-state index is 0.708. The molecule has 2 aliphatic rings. The summed E-state index contributed by atoms with van der Waals surface area (Å²) in [5.41, 5.74) is 4.12. The maximum atomic E-state index is 4.41. The van der Waals surface area contributed by atoms with E-state index in [1.807, 2.05) is 0 Å². The summed E-state index contributed by atoms with van der Waals surface area (Å²) >= 11 is 0. The largest absolute Gasteiger partial charge is 0.364 e. The van der Waals surface area contributed by atoms with Crippen LogP contribution in [0.15, 0.2) is 30.8 Å². The predicted octanol–water partition coefficient (Wildman–Crippen LogP) is 6.15. The predicted molar refractivity (Wildman–Crippen MR) is 95.6 cm³/mol. The van der Waals surface area contributed by atoms with E-state index in [-0.39, 0.29) is 0 Å². The Labute approximate surface area is 136 Å². The third-order valence-corrected chi connectivity index (χ3v) is 5.53. The number of hydrogen-bond donors (Lipinski definition) is 0. The van der Waals surface area contributed by atoms with Crippen molar-refractivity contribution in [2.45, 2.75) is 83.2 Å². The fourth-order valence-corrected chi connectivity index (χ4v) is 4.18. The van der Waals surface area contributed by atoms with Gasteiger partial charge in [-0.25, -0.2) is 0 Å². The van der Waals surface area contributed by atoms with E-state index in [0.717, 1.165) is 6.54 Å². The summed E-state index contributed by atoms with van der Waals surface area (Å²) in [7, 11) is 0. The van der Waals surface area contributed by atoms with Crippen LogP contribution >= 0.6 is 0 Å². The van der Waals surface area contributed by atoms with E-state index in [4.69, 9.17) is 0 Å². The zero-order valence-corrected chi connectivity index (χ0v) is 14.0. The first-order valence-electron chi connectivity index (χ1n) is 9.40. The lowest BCUT2D eigenvalue weighted by atomic mass is 9.97. The fourth-order valence-electron chi connectivity index (χ4n) is 4.18. The molecule has 0 atom stereocenters. The molecule has 1 saturated carbocycles. The summed E-state index contributed by atoms with van der Waals surface area (Å²) in [5, 5.41) is 0. The van der Waals surface area contributed by atoms with E-state index in [2.05, 4.69) is 35.7 Å². The van der Waals surface area contributed by atoms with Gasteiger partial charge in [-0.05, 0) is 18.4 Å². The molecule has 0 bridgehead atoms. The molecule has 1 aliphatic carbocycles. The molecular weight excluding hydrogens is 266 g/mol. The third-order valence-electron chi connectivity index (χ3n) is 5.53. The molecule has 22 heavy (non-hydrogen) atoms. The monoisotopic (exact) mass is 297 g/mol. The topological polar surface area (TPSA) is 3.24 Å². The summed E-state index contributed by atoms with van der Waals surface area (Å²) in [6.45, 7) is 5.49. The normalized spacial score (nSPS) is 22.0. The van der Waals surface area contributed by atoms with Crippen LogP contribution in [-0.4, -0.2) is 10.9 Å². The number of nitrogens with zero attached hydrogens (tertiary/aromatic N) is 1. The van der Waals surface area contributed by atoms with Gasteiger partial charge in [0.05, 0.1) is 0 Å². The van der Waals surface area contributed by atoms with Crippen molar-refractivity contribution in [3.8, 4) is 0 Å². The average molecular weight is 297 g/mol. The summed E-state index contributed by atoms with van der Waals surface area (Å²) in [4.78, 5) is 2.61. The van der Waals surface area contributed by atoms with Crippen molar-refractivity contribution >= 4 is 5.70 Å². The van der Waals surface area contributed by atoms with Gasteiger partial charge < -0.3 is 4.90 Å². The highest BCUT2D eigenvalue weighted by molar-refractivity contribution is 5.69. The fraction of sp³-hybridized carbons (Fsp3) is 0.619. The van der Waals surface area contributed by atoms with E-state index in [0.29, 0.717) is 6.04 Å². The second kappa shape index (κ2) is 7.85. The molecule has 120 valence electrons. The van der Waals surface area contributed by atoms with Gasteiger partial charge in [-0.1, -0.05) is 88.6 Å². The average Bonchev–Trinajstić information content (AvgIpc) is 2.86. The van der Waals surface area contributed by atoms with Crippen LogP contribution in [-0.2, 0) is 6.54 Å². The molecule has 1 heteroatoms. The van der Waals surface area contributed by atoms with Crippen molar-refractivity contribution in [1.29, 1.82) is 0 Å². The van der Waals surface area contributed by atoms with Crippen molar-refractivity contribution in [1.82, 2.24) is 4.90 Å². The maximum absolute atomic E-state index is 4.41. The minimum atomic E-state index is 0.708. The third kappa shape index (κ3) is 3.74.